The van der Waals surface area contributed by atoms with Crippen LogP contribution in [-0.2, 0) is 10.0 Å². The van der Waals surface area contributed by atoms with Crippen molar-refractivity contribution in [3.8, 4) is 11.3 Å². The molecule has 0 spiro atoms. The third-order valence-corrected chi connectivity index (χ3v) is 6.33. The number of carbonyl (C=O) groups excluding carboxylic acids is 2. The van der Waals surface area contributed by atoms with Crippen molar-refractivity contribution in [2.75, 3.05) is 0 Å². The molecule has 0 aliphatic heterocycles. The maximum absolute atomic E-state index is 13.0. The van der Waals surface area contributed by atoms with Gasteiger partial charge in [0.15, 0.2) is 0 Å². The van der Waals surface area contributed by atoms with Gasteiger partial charge in [0.05, 0.1) is 16.7 Å². The zero-order valence-electron chi connectivity index (χ0n) is 14.1. The summed E-state index contributed by atoms with van der Waals surface area (Å²) in [5, 5.41) is 4.15. The van der Waals surface area contributed by atoms with E-state index in [1.807, 2.05) is 13.0 Å². The van der Waals surface area contributed by atoms with Crippen LogP contribution in [0.25, 0.3) is 11.3 Å². The molecule has 0 saturated heterocycles. The largest absolute Gasteiger partial charge is 0.285 e. The van der Waals surface area contributed by atoms with Crippen LogP contribution in [0.4, 0.5) is 0 Å². The SMILES string of the molecule is Cc1cccc(S(=O)(=O)n2cc3c(n2)-c2ccccc2C(=O)C3=O)c1C. The third kappa shape index (κ3) is 2.17. The Kier molecular flexibility index (Phi) is 3.45. The van der Waals surface area contributed by atoms with E-state index in [4.69, 9.17) is 0 Å². The van der Waals surface area contributed by atoms with Crippen molar-refractivity contribution in [3.63, 3.8) is 0 Å². The number of carbonyl (C=O) groups is 2. The van der Waals surface area contributed by atoms with Crippen molar-refractivity contribution in [2.45, 2.75) is 18.7 Å². The van der Waals surface area contributed by atoms with Gasteiger partial charge in [-0.15, -0.1) is 0 Å². The van der Waals surface area contributed by atoms with Crippen LogP contribution in [0.5, 0.6) is 0 Å². The van der Waals surface area contributed by atoms with E-state index in [-0.39, 0.29) is 21.7 Å². The number of hydrogen-bond donors (Lipinski definition) is 0. The van der Waals surface area contributed by atoms with Gasteiger partial charge in [0, 0.05) is 11.1 Å². The first-order chi connectivity index (χ1) is 12.3. The van der Waals surface area contributed by atoms with Crippen LogP contribution in [0.1, 0.15) is 31.8 Å². The predicted molar refractivity (Wildman–Crippen MR) is 94.8 cm³/mol. The number of benzene rings is 2. The molecule has 7 heteroatoms. The average molecular weight is 366 g/mol. The molecule has 26 heavy (non-hydrogen) atoms. The third-order valence-electron chi connectivity index (χ3n) is 4.65. The topological polar surface area (TPSA) is 86.1 Å². The molecule has 0 atom stereocenters. The van der Waals surface area contributed by atoms with Gasteiger partial charge in [-0.3, -0.25) is 9.59 Å². The van der Waals surface area contributed by atoms with Crippen LogP contribution in [0.15, 0.2) is 53.6 Å². The van der Waals surface area contributed by atoms with Crippen LogP contribution in [-0.4, -0.2) is 29.2 Å². The summed E-state index contributed by atoms with van der Waals surface area (Å²) in [5.74, 6) is -1.40. The number of aromatic nitrogens is 2. The lowest BCUT2D eigenvalue weighted by Crippen LogP contribution is -2.20. The van der Waals surface area contributed by atoms with Gasteiger partial charge < -0.3 is 0 Å². The molecule has 0 fully saturated rings. The molecule has 0 saturated carbocycles. The number of rotatable bonds is 2. The van der Waals surface area contributed by atoms with Gasteiger partial charge in [0.25, 0.3) is 10.0 Å². The Balaban J connectivity index is 1.96. The number of aryl methyl sites for hydroxylation is 1. The molecular weight excluding hydrogens is 352 g/mol. The Hall–Kier alpha value is -3.06. The number of hydrogen-bond acceptors (Lipinski definition) is 5. The van der Waals surface area contributed by atoms with Crippen molar-refractivity contribution >= 4 is 21.6 Å². The van der Waals surface area contributed by atoms with Crippen LogP contribution < -0.4 is 0 Å². The number of nitrogens with zero attached hydrogens (tertiary/aromatic N) is 2. The molecule has 0 radical (unpaired) electrons. The fraction of sp³-hybridized carbons (Fsp3) is 0.105. The summed E-state index contributed by atoms with van der Waals surface area (Å²) in [6, 6.07) is 11.5. The average Bonchev–Trinajstić information content (AvgIpc) is 3.08. The van der Waals surface area contributed by atoms with E-state index in [0.29, 0.717) is 11.1 Å². The Bertz CT molecular complexity index is 1210. The maximum atomic E-state index is 13.0. The molecule has 2 aromatic carbocycles. The van der Waals surface area contributed by atoms with E-state index >= 15 is 0 Å². The van der Waals surface area contributed by atoms with Crippen LogP contribution in [0.2, 0.25) is 0 Å². The van der Waals surface area contributed by atoms with E-state index in [1.165, 1.54) is 12.1 Å². The monoisotopic (exact) mass is 366 g/mol. The molecule has 1 aromatic heterocycles. The molecule has 6 nitrogen and oxygen atoms in total. The highest BCUT2D eigenvalue weighted by Crippen LogP contribution is 2.33. The zero-order valence-corrected chi connectivity index (χ0v) is 14.9. The second-order valence-corrected chi connectivity index (χ2v) is 7.93. The molecular formula is C19H14N2O4S. The van der Waals surface area contributed by atoms with Crippen LogP contribution in [0, 0.1) is 13.8 Å². The number of ketones is 2. The summed E-state index contributed by atoms with van der Waals surface area (Å²) in [6.07, 6.45) is 1.13. The van der Waals surface area contributed by atoms with Crippen molar-refractivity contribution in [3.05, 3.63) is 70.9 Å². The normalized spacial score (nSPS) is 13.5. The van der Waals surface area contributed by atoms with Gasteiger partial charge in [-0.2, -0.15) is 17.6 Å². The first-order valence-corrected chi connectivity index (χ1v) is 9.36. The minimum atomic E-state index is -3.99. The summed E-state index contributed by atoms with van der Waals surface area (Å²) in [4.78, 5) is 24.8. The second-order valence-electron chi connectivity index (χ2n) is 6.17. The smallest absolute Gasteiger partial charge is 0.283 e. The Morgan fingerprint density at radius 3 is 2.23 bits per heavy atom. The summed E-state index contributed by atoms with van der Waals surface area (Å²) < 4.78 is 26.8. The van der Waals surface area contributed by atoms with E-state index in [0.717, 1.165) is 15.8 Å². The first kappa shape index (κ1) is 16.4. The Labute approximate surface area is 150 Å². The molecule has 130 valence electrons. The Morgan fingerprint density at radius 2 is 1.50 bits per heavy atom. The van der Waals surface area contributed by atoms with Gasteiger partial charge >= 0.3 is 0 Å². The fourth-order valence-electron chi connectivity index (χ4n) is 3.08. The summed E-state index contributed by atoms with van der Waals surface area (Å²) in [6.45, 7) is 3.54. The van der Waals surface area contributed by atoms with E-state index in [1.54, 1.807) is 31.2 Å². The highest BCUT2D eigenvalue weighted by molar-refractivity contribution is 7.89. The molecule has 1 aliphatic rings. The Morgan fingerprint density at radius 1 is 0.846 bits per heavy atom. The molecule has 0 amide bonds. The molecule has 3 aromatic rings. The molecule has 0 bridgehead atoms. The summed E-state index contributed by atoms with van der Waals surface area (Å²) >= 11 is 0. The van der Waals surface area contributed by atoms with Crippen molar-refractivity contribution < 1.29 is 18.0 Å². The number of Topliss-reactive ketones (excluding diaryl/α,β-unsaturated/α-hetero) is 2. The summed E-state index contributed by atoms with van der Waals surface area (Å²) in [7, 11) is -3.99. The zero-order chi connectivity index (χ0) is 18.6. The molecule has 0 unspecified atom stereocenters. The van der Waals surface area contributed by atoms with Gasteiger partial charge in [0.1, 0.15) is 5.69 Å². The lowest BCUT2D eigenvalue weighted by Gasteiger charge is -2.11. The molecule has 0 N–H and O–H groups in total. The minimum Gasteiger partial charge on any atom is -0.285 e. The van der Waals surface area contributed by atoms with Gasteiger partial charge in [-0.25, -0.2) is 0 Å². The van der Waals surface area contributed by atoms with Gasteiger partial charge in [-0.05, 0) is 31.0 Å². The predicted octanol–water partition coefficient (Wildman–Crippen LogP) is 2.78. The standard InChI is InChI=1S/C19H14N2O4S/c1-11-6-5-9-16(12(11)2)26(24,25)21-10-15-17(20-21)13-7-3-4-8-14(13)18(22)19(15)23/h3-10H,1-2H3. The van der Waals surface area contributed by atoms with Crippen molar-refractivity contribution in [2.24, 2.45) is 0 Å². The highest BCUT2D eigenvalue weighted by Gasteiger charge is 2.35. The van der Waals surface area contributed by atoms with Crippen LogP contribution >= 0.6 is 0 Å². The quantitative estimate of drug-likeness (QED) is 0.651. The molecule has 1 heterocycles. The van der Waals surface area contributed by atoms with Crippen molar-refractivity contribution in [1.29, 1.82) is 0 Å². The van der Waals surface area contributed by atoms with Crippen LogP contribution in [0.3, 0.4) is 0 Å². The lowest BCUT2D eigenvalue weighted by molar-refractivity contribution is 0.0815. The molecule has 4 rings (SSSR count). The van der Waals surface area contributed by atoms with E-state index < -0.39 is 21.6 Å². The summed E-state index contributed by atoms with van der Waals surface area (Å²) in [5.41, 5.74) is 2.35. The number of fused-ring (bicyclic) bond motifs is 3. The van der Waals surface area contributed by atoms with Crippen molar-refractivity contribution in [1.82, 2.24) is 9.19 Å². The lowest BCUT2D eigenvalue weighted by atomic mass is 9.89. The molecule has 1 aliphatic carbocycles. The van der Waals surface area contributed by atoms with E-state index in [9.17, 15) is 18.0 Å². The second kappa shape index (κ2) is 5.47. The highest BCUT2D eigenvalue weighted by atomic mass is 32.2. The first-order valence-electron chi connectivity index (χ1n) is 7.92. The minimum absolute atomic E-state index is 0.00239. The fourth-order valence-corrected chi connectivity index (χ4v) is 4.51. The van der Waals surface area contributed by atoms with E-state index in [2.05, 4.69) is 5.10 Å². The maximum Gasteiger partial charge on any atom is 0.283 e. The van der Waals surface area contributed by atoms with Gasteiger partial charge in [-0.1, -0.05) is 36.4 Å². The van der Waals surface area contributed by atoms with Gasteiger partial charge in [0.2, 0.25) is 11.6 Å².